The molecule has 17 heavy (non-hydrogen) atoms. The third-order valence-corrected chi connectivity index (χ3v) is 3.19. The number of rotatable bonds is 9. The van der Waals surface area contributed by atoms with Crippen molar-refractivity contribution < 1.29 is 10.2 Å². The van der Waals surface area contributed by atoms with E-state index in [9.17, 15) is 0 Å². The van der Waals surface area contributed by atoms with Crippen molar-refractivity contribution in [2.24, 2.45) is 5.41 Å². The Morgan fingerprint density at radius 3 is 1.88 bits per heavy atom. The molecule has 4 heteroatoms. The third-order valence-electron chi connectivity index (χ3n) is 3.19. The second kappa shape index (κ2) is 8.03. The summed E-state index contributed by atoms with van der Waals surface area (Å²) in [6, 6.07) is 1.08. The average Bonchev–Trinajstić information content (AvgIpc) is 2.27. The van der Waals surface area contributed by atoms with Crippen molar-refractivity contribution in [2.75, 3.05) is 32.8 Å². The number of nitrogens with one attached hydrogen (secondary N) is 1. The van der Waals surface area contributed by atoms with Crippen molar-refractivity contribution in [2.45, 2.75) is 46.7 Å². The van der Waals surface area contributed by atoms with Gasteiger partial charge < -0.3 is 15.5 Å². The maximum atomic E-state index is 9.16. The van der Waals surface area contributed by atoms with Gasteiger partial charge in [0.1, 0.15) is 0 Å². The van der Waals surface area contributed by atoms with Crippen LogP contribution in [0, 0.1) is 5.41 Å². The van der Waals surface area contributed by atoms with Crippen LogP contribution >= 0.6 is 0 Å². The van der Waals surface area contributed by atoms with Crippen molar-refractivity contribution in [3.8, 4) is 0 Å². The first-order valence-corrected chi connectivity index (χ1v) is 6.54. The van der Waals surface area contributed by atoms with Gasteiger partial charge in [-0.25, -0.2) is 0 Å². The molecule has 0 atom stereocenters. The maximum absolute atomic E-state index is 9.16. The highest BCUT2D eigenvalue weighted by atomic mass is 16.3. The van der Waals surface area contributed by atoms with E-state index < -0.39 is 5.41 Å². The standard InChI is InChI=1S/C13H30N2O2/c1-11(2)15(12(3)4)7-6-14-8-13(5,9-16)10-17/h11-12,14,16-17H,6-10H2,1-5H3. The minimum absolute atomic E-state index is 0.00851. The first-order valence-electron chi connectivity index (χ1n) is 6.54. The lowest BCUT2D eigenvalue weighted by molar-refractivity contribution is 0.0684. The zero-order chi connectivity index (χ0) is 13.5. The summed E-state index contributed by atoms with van der Waals surface area (Å²) in [5, 5.41) is 21.6. The molecule has 0 saturated heterocycles. The van der Waals surface area contributed by atoms with E-state index in [4.69, 9.17) is 10.2 Å². The fourth-order valence-corrected chi connectivity index (χ4v) is 1.87. The van der Waals surface area contributed by atoms with Gasteiger partial charge in [-0.15, -0.1) is 0 Å². The first kappa shape index (κ1) is 16.8. The van der Waals surface area contributed by atoms with Crippen LogP contribution < -0.4 is 5.32 Å². The van der Waals surface area contributed by atoms with Crippen LogP contribution in [0.2, 0.25) is 0 Å². The Kier molecular flexibility index (Phi) is 7.96. The van der Waals surface area contributed by atoms with Gasteiger partial charge in [-0.3, -0.25) is 4.90 Å². The molecule has 0 rings (SSSR count). The maximum Gasteiger partial charge on any atom is 0.0518 e. The van der Waals surface area contributed by atoms with Gasteiger partial charge in [0.05, 0.1) is 13.2 Å². The Morgan fingerprint density at radius 2 is 1.53 bits per heavy atom. The van der Waals surface area contributed by atoms with Gasteiger partial charge in [0.15, 0.2) is 0 Å². The van der Waals surface area contributed by atoms with Crippen LogP contribution in [0.25, 0.3) is 0 Å². The van der Waals surface area contributed by atoms with Gasteiger partial charge in [-0.05, 0) is 27.7 Å². The van der Waals surface area contributed by atoms with E-state index in [2.05, 4.69) is 37.9 Å². The fraction of sp³-hybridized carbons (Fsp3) is 1.00. The molecule has 0 radical (unpaired) electrons. The summed E-state index contributed by atoms with van der Waals surface area (Å²) >= 11 is 0. The van der Waals surface area contributed by atoms with Gasteiger partial charge >= 0.3 is 0 Å². The number of hydrogen-bond acceptors (Lipinski definition) is 4. The molecule has 104 valence electrons. The minimum atomic E-state index is -0.416. The SMILES string of the molecule is CC(C)N(CCNCC(C)(CO)CO)C(C)C. The molecular weight excluding hydrogens is 216 g/mol. The number of aliphatic hydroxyl groups excluding tert-OH is 2. The Morgan fingerprint density at radius 1 is 1.06 bits per heavy atom. The Bertz CT molecular complexity index is 184. The van der Waals surface area contributed by atoms with Crippen LogP contribution in [0.15, 0.2) is 0 Å². The zero-order valence-electron chi connectivity index (χ0n) is 12.0. The van der Waals surface area contributed by atoms with Crippen molar-refractivity contribution in [1.82, 2.24) is 10.2 Å². The molecule has 4 nitrogen and oxygen atoms in total. The van der Waals surface area contributed by atoms with Crippen LogP contribution in [0.4, 0.5) is 0 Å². The van der Waals surface area contributed by atoms with Gasteiger partial charge in [-0.1, -0.05) is 6.92 Å². The Labute approximate surface area is 106 Å². The zero-order valence-corrected chi connectivity index (χ0v) is 12.0. The monoisotopic (exact) mass is 246 g/mol. The Balaban J connectivity index is 3.90. The number of nitrogens with zero attached hydrogens (tertiary/aromatic N) is 1. The summed E-state index contributed by atoms with van der Waals surface area (Å²) in [7, 11) is 0. The van der Waals surface area contributed by atoms with E-state index in [0.717, 1.165) is 13.1 Å². The highest BCUT2D eigenvalue weighted by molar-refractivity contribution is 4.76. The van der Waals surface area contributed by atoms with Crippen LogP contribution in [0.3, 0.4) is 0 Å². The van der Waals surface area contributed by atoms with Crippen molar-refractivity contribution in [3.05, 3.63) is 0 Å². The molecule has 0 aromatic rings. The number of aliphatic hydroxyl groups is 2. The molecule has 0 aromatic carbocycles. The highest BCUT2D eigenvalue weighted by Crippen LogP contribution is 2.11. The largest absolute Gasteiger partial charge is 0.396 e. The number of hydrogen-bond donors (Lipinski definition) is 3. The van der Waals surface area contributed by atoms with E-state index >= 15 is 0 Å². The third kappa shape index (κ3) is 6.36. The normalized spacial score (nSPS) is 13.1. The Hall–Kier alpha value is -0.160. The molecule has 3 N–H and O–H groups in total. The predicted molar refractivity (Wildman–Crippen MR) is 72.1 cm³/mol. The van der Waals surface area contributed by atoms with Crippen LogP contribution in [0.1, 0.15) is 34.6 Å². The molecule has 0 aliphatic carbocycles. The summed E-state index contributed by atoms with van der Waals surface area (Å²) in [6.45, 7) is 13.2. The summed E-state index contributed by atoms with van der Waals surface area (Å²) in [5.74, 6) is 0. The average molecular weight is 246 g/mol. The van der Waals surface area contributed by atoms with Gasteiger partial charge in [0.25, 0.3) is 0 Å². The lowest BCUT2D eigenvalue weighted by Gasteiger charge is -2.31. The lowest BCUT2D eigenvalue weighted by Crippen LogP contribution is -2.44. The molecule has 0 bridgehead atoms. The van der Waals surface area contributed by atoms with E-state index in [1.54, 1.807) is 0 Å². The summed E-state index contributed by atoms with van der Waals surface area (Å²) in [4.78, 5) is 2.42. The quantitative estimate of drug-likeness (QED) is 0.524. The molecule has 0 amide bonds. The first-order chi connectivity index (χ1) is 7.86. The van der Waals surface area contributed by atoms with E-state index in [-0.39, 0.29) is 13.2 Å². The molecule has 0 aliphatic rings. The van der Waals surface area contributed by atoms with Gasteiger partial charge in [0.2, 0.25) is 0 Å². The highest BCUT2D eigenvalue weighted by Gasteiger charge is 2.21. The van der Waals surface area contributed by atoms with E-state index in [1.807, 2.05) is 6.92 Å². The van der Waals surface area contributed by atoms with Crippen molar-refractivity contribution in [3.63, 3.8) is 0 Å². The van der Waals surface area contributed by atoms with Crippen molar-refractivity contribution in [1.29, 1.82) is 0 Å². The van der Waals surface area contributed by atoms with Gasteiger partial charge in [-0.2, -0.15) is 0 Å². The molecule has 0 unspecified atom stereocenters. The van der Waals surface area contributed by atoms with Crippen LogP contribution in [-0.4, -0.2) is 60.0 Å². The fourth-order valence-electron chi connectivity index (χ4n) is 1.87. The predicted octanol–water partition coefficient (Wildman–Crippen LogP) is 0.686. The molecule has 0 aliphatic heterocycles. The minimum Gasteiger partial charge on any atom is -0.396 e. The topological polar surface area (TPSA) is 55.7 Å². The molecule has 0 fully saturated rings. The second-order valence-electron chi connectivity index (χ2n) is 5.73. The summed E-state index contributed by atoms with van der Waals surface area (Å²) in [6.07, 6.45) is 0. The van der Waals surface area contributed by atoms with E-state index in [0.29, 0.717) is 18.6 Å². The molecule has 0 heterocycles. The lowest BCUT2D eigenvalue weighted by atomic mass is 9.93. The van der Waals surface area contributed by atoms with Gasteiger partial charge in [0, 0.05) is 37.1 Å². The van der Waals surface area contributed by atoms with Crippen LogP contribution in [0.5, 0.6) is 0 Å². The molecule has 0 saturated carbocycles. The summed E-state index contributed by atoms with van der Waals surface area (Å²) < 4.78 is 0. The second-order valence-corrected chi connectivity index (χ2v) is 5.73. The molecule has 0 spiro atoms. The summed E-state index contributed by atoms with van der Waals surface area (Å²) in [5.41, 5.74) is -0.416. The van der Waals surface area contributed by atoms with E-state index in [1.165, 1.54) is 0 Å². The van der Waals surface area contributed by atoms with Crippen LogP contribution in [-0.2, 0) is 0 Å². The molecular formula is C13H30N2O2. The molecule has 0 aromatic heterocycles. The smallest absolute Gasteiger partial charge is 0.0518 e. The van der Waals surface area contributed by atoms with Crippen molar-refractivity contribution >= 4 is 0 Å².